The zero-order valence-electron chi connectivity index (χ0n) is 15.5. The molecule has 0 saturated heterocycles. The first-order valence-corrected chi connectivity index (χ1v) is 9.67. The Hall–Kier alpha value is -0.830. The minimum atomic E-state index is 0. The average Bonchev–Trinajstić information content (AvgIpc) is 3.04. The first kappa shape index (κ1) is 22.2. The SMILES string of the molecule is CCC1(CNC(=NCC(=O)N(C)C)NCCc2cccs2)CCC1.I. The molecule has 2 rings (SSSR count). The fourth-order valence-electron chi connectivity index (χ4n) is 2.82. The Balaban J connectivity index is 0.00000312. The Bertz CT molecular complexity index is 536. The van der Waals surface area contributed by atoms with Gasteiger partial charge < -0.3 is 15.5 Å². The third-order valence-corrected chi connectivity index (χ3v) is 5.85. The summed E-state index contributed by atoms with van der Waals surface area (Å²) in [7, 11) is 3.52. The molecular weight excluding hydrogens is 447 g/mol. The maximum Gasteiger partial charge on any atom is 0.243 e. The quantitative estimate of drug-likeness (QED) is 0.343. The average molecular weight is 478 g/mol. The van der Waals surface area contributed by atoms with Crippen LogP contribution in [0.1, 0.15) is 37.5 Å². The van der Waals surface area contributed by atoms with Gasteiger partial charge in [0.05, 0.1) is 0 Å². The molecule has 25 heavy (non-hydrogen) atoms. The van der Waals surface area contributed by atoms with E-state index in [2.05, 4.69) is 40.1 Å². The Morgan fingerprint density at radius 1 is 1.36 bits per heavy atom. The van der Waals surface area contributed by atoms with Crippen molar-refractivity contribution < 1.29 is 4.79 Å². The van der Waals surface area contributed by atoms with Crippen LogP contribution in [-0.4, -0.2) is 50.5 Å². The van der Waals surface area contributed by atoms with E-state index in [0.29, 0.717) is 5.41 Å². The second-order valence-electron chi connectivity index (χ2n) is 6.77. The molecule has 0 spiro atoms. The fraction of sp³-hybridized carbons (Fsp3) is 0.667. The Labute approximate surface area is 172 Å². The largest absolute Gasteiger partial charge is 0.356 e. The highest BCUT2D eigenvalue weighted by atomic mass is 127. The number of guanidine groups is 1. The highest BCUT2D eigenvalue weighted by Gasteiger charge is 2.34. The second-order valence-corrected chi connectivity index (χ2v) is 7.80. The van der Waals surface area contributed by atoms with E-state index in [0.717, 1.165) is 25.5 Å². The molecule has 1 saturated carbocycles. The lowest BCUT2D eigenvalue weighted by molar-refractivity contribution is -0.127. The number of nitrogens with zero attached hydrogens (tertiary/aromatic N) is 2. The molecule has 0 atom stereocenters. The van der Waals surface area contributed by atoms with Crippen molar-refractivity contribution >= 4 is 47.2 Å². The Morgan fingerprint density at radius 2 is 2.12 bits per heavy atom. The minimum absolute atomic E-state index is 0. The van der Waals surface area contributed by atoms with Gasteiger partial charge in [0, 0.05) is 32.1 Å². The molecule has 5 nitrogen and oxygen atoms in total. The van der Waals surface area contributed by atoms with Gasteiger partial charge in [0.15, 0.2) is 5.96 Å². The highest BCUT2D eigenvalue weighted by Crippen LogP contribution is 2.42. The van der Waals surface area contributed by atoms with Gasteiger partial charge in [-0.15, -0.1) is 35.3 Å². The van der Waals surface area contributed by atoms with E-state index in [4.69, 9.17) is 0 Å². The summed E-state index contributed by atoms with van der Waals surface area (Å²) >= 11 is 1.77. The van der Waals surface area contributed by atoms with Crippen LogP contribution < -0.4 is 10.6 Å². The molecule has 0 radical (unpaired) electrons. The summed E-state index contributed by atoms with van der Waals surface area (Å²) in [6.07, 6.45) is 6.07. The standard InChI is InChI=1S/C18H30N4OS.HI/c1-4-18(9-6-10-18)14-21-17(20-13-16(23)22(2)3)19-11-8-15-7-5-12-24-15;/h5,7,12H,4,6,8-11,13-14H2,1-3H3,(H2,19,20,21);1H. The summed E-state index contributed by atoms with van der Waals surface area (Å²) in [5.74, 6) is 0.768. The van der Waals surface area contributed by atoms with Gasteiger partial charge in [-0.3, -0.25) is 4.79 Å². The van der Waals surface area contributed by atoms with E-state index in [1.54, 1.807) is 30.3 Å². The number of halogens is 1. The summed E-state index contributed by atoms with van der Waals surface area (Å²) in [6.45, 7) is 4.20. The van der Waals surface area contributed by atoms with Gasteiger partial charge in [-0.2, -0.15) is 0 Å². The summed E-state index contributed by atoms with van der Waals surface area (Å²) in [4.78, 5) is 19.2. The summed E-state index contributed by atoms with van der Waals surface area (Å²) in [5, 5.41) is 8.93. The lowest BCUT2D eigenvalue weighted by Crippen LogP contribution is -2.47. The van der Waals surface area contributed by atoms with Crippen molar-refractivity contribution in [1.29, 1.82) is 0 Å². The molecule has 1 aliphatic rings. The van der Waals surface area contributed by atoms with Crippen molar-refractivity contribution in [3.8, 4) is 0 Å². The van der Waals surface area contributed by atoms with E-state index in [-0.39, 0.29) is 36.4 Å². The first-order chi connectivity index (χ1) is 11.5. The number of likely N-dealkylation sites (N-methyl/N-ethyl adjacent to an activating group) is 1. The molecule has 0 aromatic carbocycles. The van der Waals surface area contributed by atoms with Crippen LogP contribution >= 0.6 is 35.3 Å². The van der Waals surface area contributed by atoms with Crippen molar-refractivity contribution in [2.45, 2.75) is 39.0 Å². The van der Waals surface area contributed by atoms with E-state index in [1.807, 2.05) is 0 Å². The van der Waals surface area contributed by atoms with E-state index in [1.165, 1.54) is 30.6 Å². The van der Waals surface area contributed by atoms with Gasteiger partial charge in [0.1, 0.15) is 6.54 Å². The zero-order chi connectivity index (χ0) is 17.4. The summed E-state index contributed by atoms with van der Waals surface area (Å²) in [5.41, 5.74) is 0.418. The van der Waals surface area contributed by atoms with Crippen LogP contribution in [0.5, 0.6) is 0 Å². The van der Waals surface area contributed by atoms with Crippen LogP contribution in [-0.2, 0) is 11.2 Å². The molecule has 0 unspecified atom stereocenters. The lowest BCUT2D eigenvalue weighted by Gasteiger charge is -2.41. The smallest absolute Gasteiger partial charge is 0.243 e. The number of hydrogen-bond acceptors (Lipinski definition) is 3. The Kier molecular flexibility index (Phi) is 9.78. The molecule has 0 bridgehead atoms. The summed E-state index contributed by atoms with van der Waals surface area (Å²) in [6, 6.07) is 4.22. The predicted octanol–water partition coefficient (Wildman–Crippen LogP) is 3.11. The van der Waals surface area contributed by atoms with Gasteiger partial charge in [-0.25, -0.2) is 4.99 Å². The van der Waals surface area contributed by atoms with Crippen LogP contribution in [0.2, 0.25) is 0 Å². The second kappa shape index (κ2) is 11.0. The van der Waals surface area contributed by atoms with E-state index in [9.17, 15) is 4.79 Å². The van der Waals surface area contributed by atoms with Gasteiger partial charge in [0.2, 0.25) is 5.91 Å². The number of carbonyl (C=O) groups excluding carboxylic acids is 1. The molecular formula is C18H31IN4OS. The highest BCUT2D eigenvalue weighted by molar-refractivity contribution is 14.0. The number of thiophene rings is 1. The van der Waals surface area contributed by atoms with Crippen LogP contribution in [0.4, 0.5) is 0 Å². The van der Waals surface area contributed by atoms with Crippen molar-refractivity contribution in [3.63, 3.8) is 0 Å². The third-order valence-electron chi connectivity index (χ3n) is 4.91. The number of hydrogen-bond donors (Lipinski definition) is 2. The van der Waals surface area contributed by atoms with Gasteiger partial charge in [-0.05, 0) is 42.5 Å². The molecule has 1 amide bonds. The van der Waals surface area contributed by atoms with Crippen molar-refractivity contribution in [2.75, 3.05) is 33.7 Å². The molecule has 1 aromatic heterocycles. The maximum atomic E-state index is 11.8. The number of amides is 1. The van der Waals surface area contributed by atoms with Crippen LogP contribution in [0.15, 0.2) is 22.5 Å². The first-order valence-electron chi connectivity index (χ1n) is 8.79. The van der Waals surface area contributed by atoms with Gasteiger partial charge in [-0.1, -0.05) is 19.4 Å². The molecule has 1 aromatic rings. The fourth-order valence-corrected chi connectivity index (χ4v) is 3.53. The van der Waals surface area contributed by atoms with Crippen molar-refractivity contribution in [2.24, 2.45) is 10.4 Å². The Morgan fingerprint density at radius 3 is 2.64 bits per heavy atom. The topological polar surface area (TPSA) is 56.7 Å². The monoisotopic (exact) mass is 478 g/mol. The molecule has 2 N–H and O–H groups in total. The maximum absolute atomic E-state index is 11.8. The number of aliphatic imine (C=N–C) groups is 1. The van der Waals surface area contributed by atoms with Gasteiger partial charge >= 0.3 is 0 Å². The molecule has 1 heterocycles. The normalized spacial score (nSPS) is 15.7. The number of carbonyl (C=O) groups is 1. The zero-order valence-corrected chi connectivity index (χ0v) is 18.7. The lowest BCUT2D eigenvalue weighted by atomic mass is 9.67. The van der Waals surface area contributed by atoms with Crippen LogP contribution in [0.3, 0.4) is 0 Å². The minimum Gasteiger partial charge on any atom is -0.356 e. The summed E-state index contributed by atoms with van der Waals surface area (Å²) < 4.78 is 0. The van der Waals surface area contributed by atoms with E-state index >= 15 is 0 Å². The van der Waals surface area contributed by atoms with Crippen molar-refractivity contribution in [3.05, 3.63) is 22.4 Å². The van der Waals surface area contributed by atoms with Gasteiger partial charge in [0.25, 0.3) is 0 Å². The van der Waals surface area contributed by atoms with Crippen molar-refractivity contribution in [1.82, 2.24) is 15.5 Å². The third kappa shape index (κ3) is 7.13. The molecule has 1 fully saturated rings. The molecule has 142 valence electrons. The van der Waals surface area contributed by atoms with E-state index < -0.39 is 0 Å². The molecule has 1 aliphatic carbocycles. The number of nitrogens with one attached hydrogen (secondary N) is 2. The predicted molar refractivity (Wildman–Crippen MR) is 117 cm³/mol. The van der Waals surface area contributed by atoms with Crippen LogP contribution in [0, 0.1) is 5.41 Å². The molecule has 7 heteroatoms. The van der Waals surface area contributed by atoms with Crippen LogP contribution in [0.25, 0.3) is 0 Å². The number of rotatable bonds is 8. The molecule has 0 aliphatic heterocycles.